The van der Waals surface area contributed by atoms with Crippen LogP contribution in [0, 0.1) is 0 Å². The van der Waals surface area contributed by atoms with E-state index in [1.54, 1.807) is 6.20 Å². The molecule has 0 radical (unpaired) electrons. The van der Waals surface area contributed by atoms with Crippen molar-refractivity contribution in [1.82, 2.24) is 14.8 Å². The molecule has 112 valence electrons. The van der Waals surface area contributed by atoms with Crippen molar-refractivity contribution in [2.24, 2.45) is 0 Å². The molecule has 0 spiro atoms. The number of benzene rings is 1. The Kier molecular flexibility index (Phi) is 3.36. The van der Waals surface area contributed by atoms with E-state index in [2.05, 4.69) is 22.2 Å². The van der Waals surface area contributed by atoms with E-state index in [4.69, 9.17) is 11.6 Å². The van der Waals surface area contributed by atoms with E-state index < -0.39 is 0 Å². The molecule has 1 aromatic carbocycles. The fourth-order valence-corrected chi connectivity index (χ4v) is 3.36. The zero-order valence-electron chi connectivity index (χ0n) is 12.0. The molecule has 1 aliphatic carbocycles. The first-order valence-corrected chi connectivity index (χ1v) is 7.86. The fraction of sp³-hybridized carbons (Fsp3) is 0.294. The van der Waals surface area contributed by atoms with Crippen molar-refractivity contribution in [3.63, 3.8) is 0 Å². The minimum Gasteiger partial charge on any atom is -0.391 e. The number of fused-ring (bicyclic) bond motifs is 1. The predicted molar refractivity (Wildman–Crippen MR) is 86.9 cm³/mol. The number of rotatable bonds is 2. The Balaban J connectivity index is 1.71. The number of aromatic nitrogens is 3. The molecule has 0 amide bonds. The van der Waals surface area contributed by atoms with Crippen LogP contribution in [0.4, 0.5) is 0 Å². The van der Waals surface area contributed by atoms with Gasteiger partial charge in [-0.1, -0.05) is 23.7 Å². The van der Waals surface area contributed by atoms with Crippen LogP contribution in [0.25, 0.3) is 21.9 Å². The lowest BCUT2D eigenvalue weighted by Gasteiger charge is -2.14. The zero-order chi connectivity index (χ0) is 15.1. The molecule has 1 saturated carbocycles. The van der Waals surface area contributed by atoms with E-state index in [1.807, 2.05) is 29.2 Å². The molecule has 1 fully saturated rings. The molecule has 0 aliphatic heterocycles. The number of nitrogens with zero attached hydrogens (tertiary/aromatic N) is 3. The van der Waals surface area contributed by atoms with Gasteiger partial charge in [-0.2, -0.15) is 5.10 Å². The molecular weight excluding hydrogens is 298 g/mol. The monoisotopic (exact) mass is 313 g/mol. The molecule has 1 aliphatic rings. The van der Waals surface area contributed by atoms with Crippen LogP contribution in [0.1, 0.15) is 25.3 Å². The average molecular weight is 314 g/mol. The summed E-state index contributed by atoms with van der Waals surface area (Å²) in [5.41, 5.74) is 2.14. The van der Waals surface area contributed by atoms with Gasteiger partial charge in [0.25, 0.3) is 0 Å². The SMILES string of the molecule is OC1CCCC1n1cc(-c2ccc3cnc(Cl)cc3c2)cn1. The lowest BCUT2D eigenvalue weighted by atomic mass is 10.1. The van der Waals surface area contributed by atoms with Gasteiger partial charge in [0.2, 0.25) is 0 Å². The maximum absolute atomic E-state index is 10.0. The van der Waals surface area contributed by atoms with Gasteiger partial charge in [-0.3, -0.25) is 4.68 Å². The Labute approximate surface area is 133 Å². The summed E-state index contributed by atoms with van der Waals surface area (Å²) in [5.74, 6) is 0. The van der Waals surface area contributed by atoms with Gasteiger partial charge in [-0.05, 0) is 42.3 Å². The van der Waals surface area contributed by atoms with E-state index >= 15 is 0 Å². The maximum Gasteiger partial charge on any atom is 0.129 e. The minimum absolute atomic E-state index is 0.104. The van der Waals surface area contributed by atoms with Crippen molar-refractivity contribution in [3.05, 3.63) is 48.0 Å². The average Bonchev–Trinajstić information content (AvgIpc) is 3.15. The molecule has 1 N–H and O–H groups in total. The molecule has 4 nitrogen and oxygen atoms in total. The van der Waals surface area contributed by atoms with Gasteiger partial charge in [-0.25, -0.2) is 4.98 Å². The summed E-state index contributed by atoms with van der Waals surface area (Å²) < 4.78 is 1.90. The number of hydrogen-bond acceptors (Lipinski definition) is 3. The summed E-state index contributed by atoms with van der Waals surface area (Å²) in [6.45, 7) is 0. The van der Waals surface area contributed by atoms with Gasteiger partial charge in [-0.15, -0.1) is 0 Å². The van der Waals surface area contributed by atoms with Crippen LogP contribution in [-0.2, 0) is 0 Å². The summed E-state index contributed by atoms with van der Waals surface area (Å²) >= 11 is 5.97. The van der Waals surface area contributed by atoms with E-state index in [0.29, 0.717) is 5.15 Å². The van der Waals surface area contributed by atoms with E-state index in [0.717, 1.165) is 41.2 Å². The fourth-order valence-electron chi connectivity index (χ4n) is 3.19. The van der Waals surface area contributed by atoms with Crippen molar-refractivity contribution >= 4 is 22.4 Å². The smallest absolute Gasteiger partial charge is 0.129 e. The molecule has 2 unspecified atom stereocenters. The van der Waals surface area contributed by atoms with Crippen LogP contribution in [0.15, 0.2) is 42.9 Å². The van der Waals surface area contributed by atoms with Crippen molar-refractivity contribution in [2.75, 3.05) is 0 Å². The predicted octanol–water partition coefficient (Wildman–Crippen LogP) is 3.84. The standard InChI is InChI=1S/C17H16ClN3O/c18-17-7-13-6-11(4-5-12(13)8-19-17)14-9-20-21(10-14)15-2-1-3-16(15)22/h4-10,15-16,22H,1-3H2. The minimum atomic E-state index is -0.283. The first-order chi connectivity index (χ1) is 10.7. The summed E-state index contributed by atoms with van der Waals surface area (Å²) in [5, 5.41) is 17.1. The highest BCUT2D eigenvalue weighted by atomic mass is 35.5. The van der Waals surface area contributed by atoms with Crippen LogP contribution in [-0.4, -0.2) is 26.0 Å². The molecular formula is C17H16ClN3O. The maximum atomic E-state index is 10.0. The third-order valence-corrected chi connectivity index (χ3v) is 4.61. The Bertz CT molecular complexity index is 830. The second kappa shape index (κ2) is 5.38. The molecule has 2 aromatic heterocycles. The first-order valence-electron chi connectivity index (χ1n) is 7.48. The van der Waals surface area contributed by atoms with Gasteiger partial charge in [0, 0.05) is 23.3 Å². The third kappa shape index (κ3) is 2.38. The Hall–Kier alpha value is -1.91. The van der Waals surface area contributed by atoms with Gasteiger partial charge in [0.05, 0.1) is 18.3 Å². The van der Waals surface area contributed by atoms with E-state index in [-0.39, 0.29) is 12.1 Å². The number of aliphatic hydroxyl groups excluding tert-OH is 1. The topological polar surface area (TPSA) is 50.9 Å². The number of halogens is 1. The number of aliphatic hydroxyl groups is 1. The molecule has 3 aromatic rings. The van der Waals surface area contributed by atoms with Crippen molar-refractivity contribution in [3.8, 4) is 11.1 Å². The van der Waals surface area contributed by atoms with Gasteiger partial charge < -0.3 is 5.11 Å². The summed E-state index contributed by atoms with van der Waals surface area (Å²) in [6.07, 6.45) is 8.28. The van der Waals surface area contributed by atoms with E-state index in [9.17, 15) is 5.11 Å². The molecule has 5 heteroatoms. The summed E-state index contributed by atoms with van der Waals surface area (Å²) in [4.78, 5) is 4.10. The van der Waals surface area contributed by atoms with Gasteiger partial charge in [0.15, 0.2) is 0 Å². The third-order valence-electron chi connectivity index (χ3n) is 4.41. The molecule has 22 heavy (non-hydrogen) atoms. The van der Waals surface area contributed by atoms with E-state index in [1.165, 1.54) is 0 Å². The largest absolute Gasteiger partial charge is 0.391 e. The zero-order valence-corrected chi connectivity index (χ0v) is 12.7. The lowest BCUT2D eigenvalue weighted by molar-refractivity contribution is 0.130. The highest BCUT2D eigenvalue weighted by Crippen LogP contribution is 2.31. The summed E-state index contributed by atoms with van der Waals surface area (Å²) in [7, 11) is 0. The lowest BCUT2D eigenvalue weighted by Crippen LogP contribution is -2.18. The number of pyridine rings is 1. The van der Waals surface area contributed by atoms with Crippen molar-refractivity contribution < 1.29 is 5.11 Å². The Morgan fingerprint density at radius 2 is 2.00 bits per heavy atom. The summed E-state index contributed by atoms with van der Waals surface area (Å²) in [6, 6.07) is 8.16. The van der Waals surface area contributed by atoms with Crippen LogP contribution < -0.4 is 0 Å². The van der Waals surface area contributed by atoms with Crippen LogP contribution in [0.3, 0.4) is 0 Å². The van der Waals surface area contributed by atoms with Crippen molar-refractivity contribution in [2.45, 2.75) is 31.4 Å². The van der Waals surface area contributed by atoms with Crippen LogP contribution in [0.5, 0.6) is 0 Å². The first kappa shape index (κ1) is 13.7. The molecule has 0 bridgehead atoms. The van der Waals surface area contributed by atoms with Gasteiger partial charge >= 0.3 is 0 Å². The van der Waals surface area contributed by atoms with Crippen molar-refractivity contribution in [1.29, 1.82) is 0 Å². The highest BCUT2D eigenvalue weighted by Gasteiger charge is 2.27. The quantitative estimate of drug-likeness (QED) is 0.731. The van der Waals surface area contributed by atoms with Crippen LogP contribution in [0.2, 0.25) is 5.15 Å². The second-order valence-electron chi connectivity index (χ2n) is 5.84. The molecule has 4 rings (SSSR count). The normalized spacial score (nSPS) is 21.5. The Morgan fingerprint density at radius 3 is 2.82 bits per heavy atom. The Morgan fingerprint density at radius 1 is 1.09 bits per heavy atom. The van der Waals surface area contributed by atoms with Gasteiger partial charge in [0.1, 0.15) is 5.15 Å². The van der Waals surface area contributed by atoms with Crippen LogP contribution >= 0.6 is 11.6 Å². The second-order valence-corrected chi connectivity index (χ2v) is 6.23. The molecule has 0 saturated heterocycles. The molecule has 2 heterocycles. The highest BCUT2D eigenvalue weighted by molar-refractivity contribution is 6.30. The number of hydrogen-bond donors (Lipinski definition) is 1. The molecule has 2 atom stereocenters.